The van der Waals surface area contributed by atoms with Crippen molar-refractivity contribution >= 4 is 12.0 Å². The quantitative estimate of drug-likeness (QED) is 0.684. The molecule has 0 spiro atoms. The Kier molecular flexibility index (Phi) is 5.53. The lowest BCUT2D eigenvalue weighted by atomic mass is 10.1. The lowest BCUT2D eigenvalue weighted by Crippen LogP contribution is -2.48. The Morgan fingerprint density at radius 3 is 2.46 bits per heavy atom. The molecule has 0 unspecified atom stereocenters. The van der Waals surface area contributed by atoms with Gasteiger partial charge < -0.3 is 4.90 Å². The Morgan fingerprint density at radius 1 is 0.964 bits per heavy atom. The molecule has 1 aliphatic rings. The van der Waals surface area contributed by atoms with Gasteiger partial charge in [-0.2, -0.15) is 4.68 Å². The maximum atomic E-state index is 13.0. The number of aromatic nitrogens is 4. The Hall–Kier alpha value is -3.32. The van der Waals surface area contributed by atoms with Crippen LogP contribution >= 0.6 is 0 Å². The summed E-state index contributed by atoms with van der Waals surface area (Å²) in [6, 6.07) is 17.7. The topological polar surface area (TPSA) is 67.2 Å². The maximum Gasteiger partial charge on any atom is 0.256 e. The van der Waals surface area contributed by atoms with E-state index in [2.05, 4.69) is 44.7 Å². The average Bonchev–Trinajstić information content (AvgIpc) is 3.29. The summed E-state index contributed by atoms with van der Waals surface area (Å²) < 4.78 is 1.53. The first-order chi connectivity index (χ1) is 13.8. The second-order valence-corrected chi connectivity index (χ2v) is 6.68. The van der Waals surface area contributed by atoms with Crippen molar-refractivity contribution in [2.75, 3.05) is 32.7 Å². The summed E-state index contributed by atoms with van der Waals surface area (Å²) in [4.78, 5) is 17.3. The monoisotopic (exact) mass is 374 g/mol. The van der Waals surface area contributed by atoms with E-state index in [1.165, 1.54) is 16.6 Å². The number of carbonyl (C=O) groups is 1. The minimum absolute atomic E-state index is 0.0191. The van der Waals surface area contributed by atoms with Crippen molar-refractivity contribution in [1.29, 1.82) is 0 Å². The molecule has 0 N–H and O–H groups in total. The van der Waals surface area contributed by atoms with Crippen molar-refractivity contribution in [2.24, 2.45) is 0 Å². The number of benzene rings is 2. The van der Waals surface area contributed by atoms with Gasteiger partial charge in [0, 0.05) is 32.7 Å². The summed E-state index contributed by atoms with van der Waals surface area (Å²) in [7, 11) is 0. The van der Waals surface area contributed by atoms with Crippen molar-refractivity contribution in [3.63, 3.8) is 0 Å². The molecule has 28 heavy (non-hydrogen) atoms. The van der Waals surface area contributed by atoms with E-state index in [4.69, 9.17) is 0 Å². The van der Waals surface area contributed by atoms with E-state index in [0.717, 1.165) is 19.6 Å². The maximum absolute atomic E-state index is 13.0. The zero-order valence-corrected chi connectivity index (χ0v) is 15.6. The van der Waals surface area contributed by atoms with Crippen LogP contribution in [0, 0.1) is 0 Å². The fourth-order valence-electron chi connectivity index (χ4n) is 3.33. The zero-order chi connectivity index (χ0) is 19.2. The van der Waals surface area contributed by atoms with E-state index < -0.39 is 0 Å². The molecule has 142 valence electrons. The smallest absolute Gasteiger partial charge is 0.256 e. The van der Waals surface area contributed by atoms with Crippen LogP contribution in [0.1, 0.15) is 15.9 Å². The number of nitrogens with zero attached hydrogens (tertiary/aromatic N) is 6. The summed E-state index contributed by atoms with van der Waals surface area (Å²) in [5.41, 5.74) is 2.52. The van der Waals surface area contributed by atoms with Crippen LogP contribution in [0.3, 0.4) is 0 Å². The number of piperazine rings is 1. The van der Waals surface area contributed by atoms with Gasteiger partial charge in [-0.25, -0.2) is 0 Å². The van der Waals surface area contributed by atoms with Crippen LogP contribution < -0.4 is 0 Å². The fraction of sp³-hybridized carbons (Fsp3) is 0.238. The molecule has 1 aromatic heterocycles. The van der Waals surface area contributed by atoms with Crippen molar-refractivity contribution < 1.29 is 4.79 Å². The van der Waals surface area contributed by atoms with Crippen molar-refractivity contribution in [2.45, 2.75) is 0 Å². The first kappa shape index (κ1) is 18.1. The van der Waals surface area contributed by atoms with Crippen molar-refractivity contribution in [3.8, 4) is 5.69 Å². The van der Waals surface area contributed by atoms with Crippen LogP contribution in [0.2, 0.25) is 0 Å². The number of hydrogen-bond acceptors (Lipinski definition) is 5. The molecule has 1 saturated heterocycles. The van der Waals surface area contributed by atoms with Gasteiger partial charge in [0.2, 0.25) is 0 Å². The van der Waals surface area contributed by atoms with Gasteiger partial charge in [-0.3, -0.25) is 9.69 Å². The first-order valence-corrected chi connectivity index (χ1v) is 9.37. The predicted octanol–water partition coefficient (Wildman–Crippen LogP) is 2.13. The average molecular weight is 374 g/mol. The van der Waals surface area contributed by atoms with Crippen molar-refractivity contribution in [1.82, 2.24) is 30.0 Å². The van der Waals surface area contributed by atoms with Crippen molar-refractivity contribution in [3.05, 3.63) is 78.1 Å². The minimum Gasteiger partial charge on any atom is -0.336 e. The molecule has 0 radical (unpaired) electrons. The van der Waals surface area contributed by atoms with Crippen LogP contribution in [0.15, 0.2) is 67.0 Å². The SMILES string of the molecule is O=C(c1ccccc1-n1cnnn1)N1CCN(C/C=C/c2ccccc2)CC1. The lowest BCUT2D eigenvalue weighted by molar-refractivity contribution is 0.0650. The highest BCUT2D eigenvalue weighted by Gasteiger charge is 2.23. The molecule has 0 saturated carbocycles. The van der Waals surface area contributed by atoms with E-state index in [9.17, 15) is 4.79 Å². The molecule has 1 amide bonds. The highest BCUT2D eigenvalue weighted by atomic mass is 16.2. The summed E-state index contributed by atoms with van der Waals surface area (Å²) in [6.07, 6.45) is 5.82. The van der Waals surface area contributed by atoms with Gasteiger partial charge in [0.25, 0.3) is 5.91 Å². The molecule has 0 bridgehead atoms. The molecule has 4 rings (SSSR count). The highest BCUT2D eigenvalue weighted by Crippen LogP contribution is 2.16. The molecule has 3 aromatic rings. The largest absolute Gasteiger partial charge is 0.336 e. The third-order valence-corrected chi connectivity index (χ3v) is 4.86. The summed E-state index contributed by atoms with van der Waals surface area (Å²) >= 11 is 0. The second kappa shape index (κ2) is 8.58. The van der Waals surface area contributed by atoms with Crippen LogP contribution in [0.25, 0.3) is 11.8 Å². The summed E-state index contributed by atoms with van der Waals surface area (Å²) in [5, 5.41) is 11.2. The van der Waals surface area contributed by atoms with Gasteiger partial charge in [-0.15, -0.1) is 5.10 Å². The Morgan fingerprint density at radius 2 is 1.71 bits per heavy atom. The third-order valence-electron chi connectivity index (χ3n) is 4.86. The van der Waals surface area contributed by atoms with Gasteiger partial charge in [0.05, 0.1) is 11.3 Å². The standard InChI is InChI=1S/C21H22N6O/c28-21(19-10-4-5-11-20(19)27-17-22-23-24-27)26-15-13-25(14-16-26)12-6-9-18-7-2-1-3-8-18/h1-11,17H,12-16H2/b9-6+. The van der Waals surface area contributed by atoms with Crippen LogP contribution in [-0.2, 0) is 0 Å². The van der Waals surface area contributed by atoms with Gasteiger partial charge in [0.15, 0.2) is 0 Å². The number of carbonyl (C=O) groups excluding carboxylic acids is 1. The third kappa shape index (κ3) is 4.15. The van der Waals surface area contributed by atoms with E-state index in [0.29, 0.717) is 24.3 Å². The number of rotatable bonds is 5. The highest BCUT2D eigenvalue weighted by molar-refractivity contribution is 5.97. The molecule has 2 heterocycles. The first-order valence-electron chi connectivity index (χ1n) is 9.37. The van der Waals surface area contributed by atoms with Gasteiger partial charge in [-0.05, 0) is 28.1 Å². The summed E-state index contributed by atoms with van der Waals surface area (Å²) in [6.45, 7) is 4.03. The molecule has 0 aliphatic carbocycles. The zero-order valence-electron chi connectivity index (χ0n) is 15.6. The molecule has 0 atom stereocenters. The Balaban J connectivity index is 1.35. The number of tetrazole rings is 1. The number of para-hydroxylation sites is 1. The van der Waals surface area contributed by atoms with Gasteiger partial charge >= 0.3 is 0 Å². The number of amides is 1. The molecule has 1 fully saturated rings. The Bertz CT molecular complexity index is 931. The van der Waals surface area contributed by atoms with E-state index in [1.54, 1.807) is 0 Å². The molecular weight excluding hydrogens is 352 g/mol. The molecular formula is C21H22N6O. The van der Waals surface area contributed by atoms with Crippen LogP contribution in [-0.4, -0.2) is 68.6 Å². The summed E-state index contributed by atoms with van der Waals surface area (Å²) in [5.74, 6) is 0.0191. The number of hydrogen-bond donors (Lipinski definition) is 0. The molecule has 7 heteroatoms. The minimum atomic E-state index is 0.0191. The van der Waals surface area contributed by atoms with Crippen LogP contribution in [0.5, 0.6) is 0 Å². The lowest BCUT2D eigenvalue weighted by Gasteiger charge is -2.34. The normalized spacial score (nSPS) is 15.2. The molecule has 2 aromatic carbocycles. The van der Waals surface area contributed by atoms with Crippen LogP contribution in [0.4, 0.5) is 0 Å². The Labute approximate surface area is 163 Å². The fourth-order valence-corrected chi connectivity index (χ4v) is 3.33. The molecule has 7 nitrogen and oxygen atoms in total. The van der Waals surface area contributed by atoms with Gasteiger partial charge in [-0.1, -0.05) is 54.6 Å². The second-order valence-electron chi connectivity index (χ2n) is 6.68. The van der Waals surface area contributed by atoms with E-state index >= 15 is 0 Å². The predicted molar refractivity (Wildman–Crippen MR) is 107 cm³/mol. The molecule has 1 aliphatic heterocycles. The van der Waals surface area contributed by atoms with Gasteiger partial charge in [0.1, 0.15) is 6.33 Å². The van der Waals surface area contributed by atoms with E-state index in [1.807, 2.05) is 47.4 Å². The van der Waals surface area contributed by atoms with E-state index in [-0.39, 0.29) is 5.91 Å².